The summed E-state index contributed by atoms with van der Waals surface area (Å²) in [7, 11) is 1.69. The number of amides is 1. The topological polar surface area (TPSA) is 37.4 Å². The predicted molar refractivity (Wildman–Crippen MR) is 68.8 cm³/mol. The fourth-order valence-electron chi connectivity index (χ4n) is 1.50. The molecule has 1 heterocycles. The molecule has 1 amide bonds. The molecule has 0 unspecified atom stereocenters. The van der Waals surface area contributed by atoms with Crippen LogP contribution in [0.1, 0.15) is 15.9 Å². The molecule has 0 bridgehead atoms. The van der Waals surface area contributed by atoms with E-state index in [1.54, 1.807) is 19.2 Å². The van der Waals surface area contributed by atoms with E-state index in [9.17, 15) is 9.59 Å². The van der Waals surface area contributed by atoms with E-state index in [0.717, 1.165) is 10.6 Å². The predicted octanol–water partition coefficient (Wildman–Crippen LogP) is 2.22. The number of hydrogen-bond donors (Lipinski definition) is 0. The Morgan fingerprint density at radius 1 is 1.35 bits per heavy atom. The number of allylic oxidation sites excluding steroid dienone is 1. The minimum absolute atomic E-state index is 0.0398. The van der Waals surface area contributed by atoms with Gasteiger partial charge >= 0.3 is 0 Å². The van der Waals surface area contributed by atoms with Crippen LogP contribution < -0.4 is 0 Å². The van der Waals surface area contributed by atoms with Crippen molar-refractivity contribution >= 4 is 23.5 Å². The summed E-state index contributed by atoms with van der Waals surface area (Å²) < 4.78 is 0. The lowest BCUT2D eigenvalue weighted by molar-refractivity contribution is -0.124. The van der Waals surface area contributed by atoms with Gasteiger partial charge in [-0.15, -0.1) is 0 Å². The third-order valence-electron chi connectivity index (χ3n) is 2.64. The first-order valence-electron chi connectivity index (χ1n) is 5.30. The molecule has 1 saturated heterocycles. The van der Waals surface area contributed by atoms with Crippen molar-refractivity contribution in [3.05, 3.63) is 46.5 Å². The van der Waals surface area contributed by atoms with Gasteiger partial charge in [-0.05, 0) is 6.92 Å². The van der Waals surface area contributed by atoms with Crippen molar-refractivity contribution in [1.29, 1.82) is 0 Å². The maximum Gasteiger partial charge on any atom is 0.237 e. The summed E-state index contributed by atoms with van der Waals surface area (Å²) in [5.41, 5.74) is 1.77. The second-order valence-corrected chi connectivity index (χ2v) is 4.95. The fourth-order valence-corrected chi connectivity index (χ4v) is 2.45. The van der Waals surface area contributed by atoms with Crippen LogP contribution in [0, 0.1) is 6.92 Å². The number of nitrogens with zero attached hydrogens (tertiary/aromatic N) is 1. The maximum atomic E-state index is 11.9. The molecule has 1 fully saturated rings. The molecule has 17 heavy (non-hydrogen) atoms. The first kappa shape index (κ1) is 11.9. The molecule has 0 N–H and O–H groups in total. The highest BCUT2D eigenvalue weighted by Crippen LogP contribution is 2.27. The molecule has 1 aliphatic heterocycles. The molecule has 88 valence electrons. The lowest BCUT2D eigenvalue weighted by Gasteiger charge is -2.08. The van der Waals surface area contributed by atoms with Gasteiger partial charge in [-0.25, -0.2) is 0 Å². The summed E-state index contributed by atoms with van der Waals surface area (Å²) in [5, 5.41) is 0.723. The van der Waals surface area contributed by atoms with Gasteiger partial charge in [0.25, 0.3) is 0 Å². The number of carbonyl (C=O) groups excluding carboxylic acids is 2. The van der Waals surface area contributed by atoms with E-state index in [2.05, 4.69) is 0 Å². The van der Waals surface area contributed by atoms with Gasteiger partial charge in [0, 0.05) is 18.7 Å². The molecule has 0 aliphatic carbocycles. The zero-order valence-corrected chi connectivity index (χ0v) is 10.6. The van der Waals surface area contributed by atoms with Crippen molar-refractivity contribution in [3.63, 3.8) is 0 Å². The molecule has 0 saturated carbocycles. The lowest BCUT2D eigenvalue weighted by Crippen LogP contribution is -2.19. The molecule has 0 spiro atoms. The SMILES string of the molecule is Cc1ccc(C(=O)/C=C2\SCC(=O)N2C)cc1. The van der Waals surface area contributed by atoms with Gasteiger partial charge in [-0.1, -0.05) is 41.6 Å². The first-order chi connectivity index (χ1) is 8.08. The Labute approximate surface area is 104 Å². The summed E-state index contributed by atoms with van der Waals surface area (Å²) in [6, 6.07) is 7.41. The highest BCUT2D eigenvalue weighted by atomic mass is 32.2. The third-order valence-corrected chi connectivity index (χ3v) is 3.72. The highest BCUT2D eigenvalue weighted by Gasteiger charge is 2.23. The summed E-state index contributed by atoms with van der Waals surface area (Å²) in [4.78, 5) is 24.8. The molecular weight excluding hydrogens is 234 g/mol. The van der Waals surface area contributed by atoms with Crippen LogP contribution in [0.15, 0.2) is 35.4 Å². The van der Waals surface area contributed by atoms with Crippen LogP contribution >= 0.6 is 11.8 Å². The third kappa shape index (κ3) is 2.58. The van der Waals surface area contributed by atoms with Crippen molar-refractivity contribution in [1.82, 2.24) is 4.90 Å². The Morgan fingerprint density at radius 2 is 2.00 bits per heavy atom. The maximum absolute atomic E-state index is 11.9. The number of hydrogen-bond acceptors (Lipinski definition) is 3. The van der Waals surface area contributed by atoms with E-state index < -0.39 is 0 Å². The van der Waals surface area contributed by atoms with Crippen molar-refractivity contribution in [2.45, 2.75) is 6.92 Å². The second kappa shape index (κ2) is 4.75. The number of benzene rings is 1. The van der Waals surface area contributed by atoms with E-state index in [1.807, 2.05) is 19.1 Å². The van der Waals surface area contributed by atoms with Gasteiger partial charge in [0.2, 0.25) is 5.91 Å². The number of ketones is 1. The van der Waals surface area contributed by atoms with E-state index in [4.69, 9.17) is 0 Å². The molecule has 1 aromatic carbocycles. The fraction of sp³-hybridized carbons (Fsp3) is 0.231. The van der Waals surface area contributed by atoms with Crippen molar-refractivity contribution < 1.29 is 9.59 Å². The molecule has 0 aromatic heterocycles. The summed E-state index contributed by atoms with van der Waals surface area (Å²) in [6.45, 7) is 1.98. The molecule has 0 atom stereocenters. The number of thioether (sulfide) groups is 1. The van der Waals surface area contributed by atoms with E-state index in [-0.39, 0.29) is 11.7 Å². The summed E-state index contributed by atoms with van der Waals surface area (Å²) in [5.74, 6) is 0.399. The largest absolute Gasteiger partial charge is 0.309 e. The van der Waals surface area contributed by atoms with Gasteiger partial charge in [-0.3, -0.25) is 9.59 Å². The van der Waals surface area contributed by atoms with Crippen molar-refractivity contribution in [2.24, 2.45) is 0 Å². The van der Waals surface area contributed by atoms with Gasteiger partial charge < -0.3 is 4.90 Å². The van der Waals surface area contributed by atoms with Gasteiger partial charge in [0.15, 0.2) is 5.78 Å². The normalized spacial score (nSPS) is 17.9. The molecular formula is C13H13NO2S. The van der Waals surface area contributed by atoms with E-state index >= 15 is 0 Å². The molecule has 3 nitrogen and oxygen atoms in total. The number of carbonyl (C=O) groups is 2. The zero-order chi connectivity index (χ0) is 12.4. The minimum atomic E-state index is -0.0611. The Hall–Kier alpha value is -1.55. The van der Waals surface area contributed by atoms with Crippen LogP contribution in [0.5, 0.6) is 0 Å². The standard InChI is InChI=1S/C13H13NO2S/c1-9-3-5-10(6-4-9)11(15)7-13-14(2)12(16)8-17-13/h3-7H,8H2,1-2H3/b13-7-. The van der Waals surface area contributed by atoms with Crippen LogP contribution in [0.3, 0.4) is 0 Å². The number of aryl methyl sites for hydroxylation is 1. The van der Waals surface area contributed by atoms with Crippen LogP contribution in [0.2, 0.25) is 0 Å². The van der Waals surface area contributed by atoms with Crippen LogP contribution in [-0.4, -0.2) is 29.4 Å². The van der Waals surface area contributed by atoms with E-state index in [0.29, 0.717) is 11.3 Å². The highest BCUT2D eigenvalue weighted by molar-refractivity contribution is 8.04. The van der Waals surface area contributed by atoms with Gasteiger partial charge in [-0.2, -0.15) is 0 Å². The molecule has 2 rings (SSSR count). The van der Waals surface area contributed by atoms with Crippen molar-refractivity contribution in [2.75, 3.05) is 12.8 Å². The Kier molecular flexibility index (Phi) is 3.33. The molecule has 4 heteroatoms. The average molecular weight is 247 g/mol. The Bertz CT molecular complexity index is 491. The second-order valence-electron chi connectivity index (χ2n) is 3.95. The molecule has 1 aromatic rings. The number of rotatable bonds is 2. The Morgan fingerprint density at radius 3 is 2.53 bits per heavy atom. The summed E-state index contributed by atoms with van der Waals surface area (Å²) >= 11 is 1.40. The summed E-state index contributed by atoms with van der Waals surface area (Å²) in [6.07, 6.45) is 1.53. The molecule has 1 aliphatic rings. The van der Waals surface area contributed by atoms with E-state index in [1.165, 1.54) is 22.7 Å². The molecule has 0 radical (unpaired) electrons. The lowest BCUT2D eigenvalue weighted by atomic mass is 10.1. The smallest absolute Gasteiger partial charge is 0.237 e. The Balaban J connectivity index is 2.19. The van der Waals surface area contributed by atoms with Crippen LogP contribution in [0.25, 0.3) is 0 Å². The van der Waals surface area contributed by atoms with Gasteiger partial charge in [0.1, 0.15) is 0 Å². The quantitative estimate of drug-likeness (QED) is 0.594. The van der Waals surface area contributed by atoms with Gasteiger partial charge in [0.05, 0.1) is 10.8 Å². The minimum Gasteiger partial charge on any atom is -0.309 e. The van der Waals surface area contributed by atoms with Crippen LogP contribution in [-0.2, 0) is 4.79 Å². The monoisotopic (exact) mass is 247 g/mol. The zero-order valence-electron chi connectivity index (χ0n) is 9.77. The van der Waals surface area contributed by atoms with Crippen molar-refractivity contribution in [3.8, 4) is 0 Å². The average Bonchev–Trinajstić information content (AvgIpc) is 2.62. The first-order valence-corrected chi connectivity index (χ1v) is 6.28. The van der Waals surface area contributed by atoms with Crippen LogP contribution in [0.4, 0.5) is 0 Å².